The van der Waals surface area contributed by atoms with E-state index in [-0.39, 0.29) is 6.10 Å². The molecule has 0 aromatic heterocycles. The highest BCUT2D eigenvalue weighted by Crippen LogP contribution is 2.39. The van der Waals surface area contributed by atoms with Crippen LogP contribution >= 0.6 is 0 Å². The Balaban J connectivity index is 2.00. The summed E-state index contributed by atoms with van der Waals surface area (Å²) in [5.74, 6) is 0. The van der Waals surface area contributed by atoms with Crippen LogP contribution < -0.4 is 0 Å². The molecule has 0 saturated carbocycles. The lowest BCUT2D eigenvalue weighted by molar-refractivity contribution is 0.417. The Kier molecular flexibility index (Phi) is 2.18. The van der Waals surface area contributed by atoms with Gasteiger partial charge in [-0.25, -0.2) is 0 Å². The minimum atomic E-state index is 0.283. The minimum Gasteiger partial charge on any atom is -0.368 e. The van der Waals surface area contributed by atoms with Crippen LogP contribution in [0.2, 0.25) is 0 Å². The summed E-state index contributed by atoms with van der Waals surface area (Å²) >= 11 is 0. The first-order valence-corrected chi connectivity index (χ1v) is 7.36. The van der Waals surface area contributed by atoms with Gasteiger partial charge in [0.2, 0.25) is 0 Å². The highest BCUT2D eigenvalue weighted by molar-refractivity contribution is 6.13. The monoisotopic (exact) mass is 270 g/mol. The van der Waals surface area contributed by atoms with Gasteiger partial charge < -0.3 is 4.74 Å². The predicted molar refractivity (Wildman–Crippen MR) is 87.7 cm³/mol. The molecule has 1 atom stereocenters. The Morgan fingerprint density at radius 3 is 2.24 bits per heavy atom. The highest BCUT2D eigenvalue weighted by atomic mass is 16.6. The van der Waals surface area contributed by atoms with E-state index in [0.29, 0.717) is 0 Å². The summed E-state index contributed by atoms with van der Waals surface area (Å²) in [7, 11) is 0. The van der Waals surface area contributed by atoms with Gasteiger partial charge in [-0.2, -0.15) is 0 Å². The van der Waals surface area contributed by atoms with Crippen molar-refractivity contribution >= 4 is 32.3 Å². The van der Waals surface area contributed by atoms with Crippen molar-refractivity contribution in [1.29, 1.82) is 0 Å². The van der Waals surface area contributed by atoms with Gasteiger partial charge in [-0.15, -0.1) is 0 Å². The molecule has 0 amide bonds. The number of epoxide rings is 1. The third kappa shape index (κ3) is 1.68. The first kappa shape index (κ1) is 11.3. The largest absolute Gasteiger partial charge is 0.368 e. The van der Waals surface area contributed by atoms with E-state index in [9.17, 15) is 0 Å². The topological polar surface area (TPSA) is 12.5 Å². The van der Waals surface area contributed by atoms with Crippen LogP contribution in [0.5, 0.6) is 0 Å². The van der Waals surface area contributed by atoms with Crippen LogP contribution in [0.4, 0.5) is 0 Å². The molecule has 4 aromatic carbocycles. The normalized spacial score (nSPS) is 17.6. The van der Waals surface area contributed by atoms with Crippen LogP contribution in [0.1, 0.15) is 11.7 Å². The molecule has 0 spiro atoms. The molecule has 1 aliphatic rings. The second-order valence-corrected chi connectivity index (χ2v) is 5.75. The molecule has 1 aliphatic heterocycles. The van der Waals surface area contributed by atoms with E-state index in [1.807, 2.05) is 0 Å². The van der Waals surface area contributed by atoms with Gasteiger partial charge in [0.25, 0.3) is 0 Å². The first-order chi connectivity index (χ1) is 10.4. The second-order valence-electron chi connectivity index (χ2n) is 5.75. The van der Waals surface area contributed by atoms with Gasteiger partial charge in [-0.3, -0.25) is 0 Å². The summed E-state index contributed by atoms with van der Waals surface area (Å²) in [6, 6.07) is 24.1. The molecule has 100 valence electrons. The smallest absolute Gasteiger partial charge is 0.107 e. The number of hydrogen-bond donors (Lipinski definition) is 0. The standard InChI is InChI=1S/C20H14O/c1-2-5-15-11-18-16(10-14(15)4-1)9-8-13-6-3-7-17(20(13)18)19-12-21-19/h1-11,19H,12H2. The average Bonchev–Trinajstić information content (AvgIpc) is 3.37. The van der Waals surface area contributed by atoms with Crippen molar-refractivity contribution in [3.8, 4) is 0 Å². The molecule has 1 heteroatoms. The van der Waals surface area contributed by atoms with Crippen molar-refractivity contribution in [2.24, 2.45) is 0 Å². The average molecular weight is 270 g/mol. The number of ether oxygens (including phenoxy) is 1. The molecule has 1 heterocycles. The van der Waals surface area contributed by atoms with E-state index in [1.165, 1.54) is 37.9 Å². The lowest BCUT2D eigenvalue weighted by atomic mass is 9.94. The lowest BCUT2D eigenvalue weighted by Crippen LogP contribution is -1.86. The van der Waals surface area contributed by atoms with Gasteiger partial charge in [-0.1, -0.05) is 54.6 Å². The SMILES string of the molecule is c1ccc2cc3c(ccc4cccc(C5CO5)c43)cc2c1. The number of hydrogen-bond acceptors (Lipinski definition) is 1. The fraction of sp³-hybridized carbons (Fsp3) is 0.100. The first-order valence-electron chi connectivity index (χ1n) is 7.36. The third-order valence-electron chi connectivity index (χ3n) is 4.44. The fourth-order valence-corrected chi connectivity index (χ4v) is 3.33. The van der Waals surface area contributed by atoms with Crippen LogP contribution in [-0.2, 0) is 4.74 Å². The third-order valence-corrected chi connectivity index (χ3v) is 4.44. The maximum Gasteiger partial charge on any atom is 0.107 e. The van der Waals surface area contributed by atoms with Crippen molar-refractivity contribution < 1.29 is 4.74 Å². The van der Waals surface area contributed by atoms with E-state index in [2.05, 4.69) is 66.7 Å². The number of fused-ring (bicyclic) bond motifs is 4. The fourth-order valence-electron chi connectivity index (χ4n) is 3.33. The van der Waals surface area contributed by atoms with Crippen molar-refractivity contribution in [2.45, 2.75) is 6.10 Å². The Labute approximate surface area is 122 Å². The zero-order valence-electron chi connectivity index (χ0n) is 11.5. The molecule has 0 N–H and O–H groups in total. The Hall–Kier alpha value is -2.38. The maximum atomic E-state index is 5.54. The quantitative estimate of drug-likeness (QED) is 0.262. The minimum absolute atomic E-state index is 0.283. The van der Waals surface area contributed by atoms with Crippen LogP contribution in [0.3, 0.4) is 0 Å². The molecule has 4 aromatic rings. The van der Waals surface area contributed by atoms with Crippen molar-refractivity contribution in [3.63, 3.8) is 0 Å². The van der Waals surface area contributed by atoms with Gasteiger partial charge in [0, 0.05) is 0 Å². The van der Waals surface area contributed by atoms with E-state index >= 15 is 0 Å². The summed E-state index contributed by atoms with van der Waals surface area (Å²) < 4.78 is 5.54. The predicted octanol–water partition coefficient (Wildman–Crippen LogP) is 5.22. The van der Waals surface area contributed by atoms with Gasteiger partial charge >= 0.3 is 0 Å². The molecular weight excluding hydrogens is 256 g/mol. The molecule has 0 aliphatic carbocycles. The lowest BCUT2D eigenvalue weighted by Gasteiger charge is -2.10. The zero-order chi connectivity index (χ0) is 13.8. The molecule has 1 unspecified atom stereocenters. The Morgan fingerprint density at radius 1 is 0.714 bits per heavy atom. The van der Waals surface area contributed by atoms with E-state index in [0.717, 1.165) is 6.61 Å². The molecular formula is C20H14O. The molecule has 21 heavy (non-hydrogen) atoms. The summed E-state index contributed by atoms with van der Waals surface area (Å²) in [4.78, 5) is 0. The van der Waals surface area contributed by atoms with Crippen LogP contribution in [-0.4, -0.2) is 6.61 Å². The highest BCUT2D eigenvalue weighted by Gasteiger charge is 2.27. The second kappa shape index (κ2) is 4.06. The molecule has 1 saturated heterocycles. The summed E-state index contributed by atoms with van der Waals surface area (Å²) in [6.45, 7) is 0.850. The van der Waals surface area contributed by atoms with Gasteiger partial charge in [-0.05, 0) is 50.0 Å². The van der Waals surface area contributed by atoms with Gasteiger partial charge in [0.1, 0.15) is 6.10 Å². The van der Waals surface area contributed by atoms with Crippen molar-refractivity contribution in [3.05, 3.63) is 72.3 Å². The van der Waals surface area contributed by atoms with Gasteiger partial charge in [0.15, 0.2) is 0 Å². The van der Waals surface area contributed by atoms with Gasteiger partial charge in [0.05, 0.1) is 6.61 Å². The van der Waals surface area contributed by atoms with Crippen LogP contribution in [0, 0.1) is 0 Å². The van der Waals surface area contributed by atoms with E-state index in [4.69, 9.17) is 4.74 Å². The Morgan fingerprint density at radius 2 is 1.43 bits per heavy atom. The Bertz CT molecular complexity index is 996. The molecule has 0 radical (unpaired) electrons. The zero-order valence-corrected chi connectivity index (χ0v) is 11.5. The molecule has 0 bridgehead atoms. The molecule has 1 fully saturated rings. The van der Waals surface area contributed by atoms with Crippen molar-refractivity contribution in [1.82, 2.24) is 0 Å². The molecule has 1 nitrogen and oxygen atoms in total. The van der Waals surface area contributed by atoms with Crippen LogP contribution in [0.15, 0.2) is 66.7 Å². The number of rotatable bonds is 1. The molecule has 5 rings (SSSR count). The van der Waals surface area contributed by atoms with Crippen LogP contribution in [0.25, 0.3) is 32.3 Å². The maximum absolute atomic E-state index is 5.54. The van der Waals surface area contributed by atoms with Crippen molar-refractivity contribution in [2.75, 3.05) is 6.61 Å². The summed E-state index contributed by atoms with van der Waals surface area (Å²) in [6.07, 6.45) is 0.283. The number of benzene rings is 4. The van der Waals surface area contributed by atoms with E-state index < -0.39 is 0 Å². The van der Waals surface area contributed by atoms with E-state index in [1.54, 1.807) is 0 Å². The summed E-state index contributed by atoms with van der Waals surface area (Å²) in [5, 5.41) is 7.87. The summed E-state index contributed by atoms with van der Waals surface area (Å²) in [5.41, 5.74) is 1.33.